The minimum Gasteiger partial charge on any atom is -0.377 e. The van der Waals surface area contributed by atoms with Crippen molar-refractivity contribution < 1.29 is 9.53 Å². The van der Waals surface area contributed by atoms with Gasteiger partial charge in [0.1, 0.15) is 0 Å². The van der Waals surface area contributed by atoms with Gasteiger partial charge in [0.2, 0.25) is 5.91 Å². The van der Waals surface area contributed by atoms with Crippen molar-refractivity contribution in [3.8, 4) is 0 Å². The number of likely N-dealkylation sites (tertiary alicyclic amines) is 1. The molecule has 1 saturated carbocycles. The Balaban J connectivity index is 1.46. The average molecular weight is 301 g/mol. The molecule has 3 aliphatic rings. The normalized spacial score (nSPS) is 31.7. The van der Waals surface area contributed by atoms with Crippen LogP contribution in [0.2, 0.25) is 0 Å². The molecule has 1 aromatic heterocycles. The van der Waals surface area contributed by atoms with E-state index in [-0.39, 0.29) is 17.9 Å². The largest absolute Gasteiger partial charge is 0.377 e. The number of hydrogen-bond donors (Lipinski definition) is 1. The molecule has 5 nitrogen and oxygen atoms in total. The lowest BCUT2D eigenvalue weighted by Crippen LogP contribution is -2.52. The van der Waals surface area contributed by atoms with Crippen LogP contribution < -0.4 is 5.32 Å². The number of aromatic nitrogens is 1. The average Bonchev–Trinajstić information content (AvgIpc) is 3.21. The molecule has 3 fully saturated rings. The van der Waals surface area contributed by atoms with Crippen LogP contribution in [0.25, 0.3) is 0 Å². The van der Waals surface area contributed by atoms with E-state index < -0.39 is 0 Å². The summed E-state index contributed by atoms with van der Waals surface area (Å²) in [6.45, 7) is 2.50. The van der Waals surface area contributed by atoms with Crippen molar-refractivity contribution in [2.24, 2.45) is 5.92 Å². The number of fused-ring (bicyclic) bond motifs is 1. The maximum Gasteiger partial charge on any atom is 0.224 e. The topological polar surface area (TPSA) is 54.5 Å². The van der Waals surface area contributed by atoms with Crippen LogP contribution in [0, 0.1) is 5.92 Å². The quantitative estimate of drug-likeness (QED) is 0.912. The van der Waals surface area contributed by atoms with Gasteiger partial charge < -0.3 is 10.1 Å². The fourth-order valence-electron chi connectivity index (χ4n) is 3.70. The standard InChI is InChI=1S/C17H23N3O2/c21-17(19-14-3-4-14)13-8-16-15(5-7-22-16)20(11-13)10-12-2-1-6-18-9-12/h1-2,6,9,13-16H,3-5,7-8,10-11H2,(H,19,21)/t13-,15+,16+/m0/s1. The van der Waals surface area contributed by atoms with Gasteiger partial charge in [-0.1, -0.05) is 6.07 Å². The maximum atomic E-state index is 12.4. The molecule has 3 heterocycles. The molecule has 0 spiro atoms. The van der Waals surface area contributed by atoms with Gasteiger partial charge in [-0.2, -0.15) is 0 Å². The van der Waals surface area contributed by atoms with Gasteiger partial charge in [0.25, 0.3) is 0 Å². The molecule has 0 radical (unpaired) electrons. The molecule has 3 atom stereocenters. The van der Waals surface area contributed by atoms with E-state index in [0.29, 0.717) is 12.1 Å². The molecule has 2 aliphatic heterocycles. The minimum absolute atomic E-state index is 0.0524. The summed E-state index contributed by atoms with van der Waals surface area (Å²) in [4.78, 5) is 19.1. The van der Waals surface area contributed by atoms with E-state index in [2.05, 4.69) is 21.3 Å². The molecule has 1 aromatic rings. The predicted octanol–water partition coefficient (Wildman–Crippen LogP) is 1.34. The molecular formula is C17H23N3O2. The number of carbonyl (C=O) groups is 1. The molecule has 5 heteroatoms. The number of carbonyl (C=O) groups excluding carboxylic acids is 1. The van der Waals surface area contributed by atoms with Gasteiger partial charge in [-0.25, -0.2) is 0 Å². The molecule has 0 unspecified atom stereocenters. The van der Waals surface area contributed by atoms with Crippen LogP contribution in [0.1, 0.15) is 31.2 Å². The van der Waals surface area contributed by atoms with Crippen molar-refractivity contribution in [1.82, 2.24) is 15.2 Å². The third-order valence-corrected chi connectivity index (χ3v) is 5.02. The van der Waals surface area contributed by atoms with Gasteiger partial charge in [0.15, 0.2) is 0 Å². The monoisotopic (exact) mass is 301 g/mol. The van der Waals surface area contributed by atoms with Crippen LogP contribution in [-0.2, 0) is 16.1 Å². The number of amides is 1. The molecule has 2 saturated heterocycles. The molecule has 1 N–H and O–H groups in total. The van der Waals surface area contributed by atoms with E-state index in [1.807, 2.05) is 12.3 Å². The van der Waals surface area contributed by atoms with Crippen molar-refractivity contribution in [1.29, 1.82) is 0 Å². The van der Waals surface area contributed by atoms with Crippen molar-refractivity contribution in [3.63, 3.8) is 0 Å². The molecular weight excluding hydrogens is 278 g/mol. The summed E-state index contributed by atoms with van der Waals surface area (Å²) in [5.41, 5.74) is 1.21. The number of nitrogens with zero attached hydrogens (tertiary/aromatic N) is 2. The van der Waals surface area contributed by atoms with Crippen molar-refractivity contribution >= 4 is 5.91 Å². The first-order valence-corrected chi connectivity index (χ1v) is 8.34. The van der Waals surface area contributed by atoms with E-state index in [4.69, 9.17) is 4.74 Å². The Morgan fingerprint density at radius 1 is 1.41 bits per heavy atom. The first-order valence-electron chi connectivity index (χ1n) is 8.34. The fraction of sp³-hybridized carbons (Fsp3) is 0.647. The van der Waals surface area contributed by atoms with Gasteiger partial charge in [-0.3, -0.25) is 14.7 Å². The number of ether oxygens (including phenoxy) is 1. The Kier molecular flexibility index (Phi) is 3.84. The number of nitrogens with one attached hydrogen (secondary N) is 1. The molecule has 22 heavy (non-hydrogen) atoms. The second-order valence-electron chi connectivity index (χ2n) is 6.77. The minimum atomic E-state index is 0.0524. The summed E-state index contributed by atoms with van der Waals surface area (Å²) in [5, 5.41) is 3.15. The highest BCUT2D eigenvalue weighted by Gasteiger charge is 2.42. The fourth-order valence-corrected chi connectivity index (χ4v) is 3.70. The van der Waals surface area contributed by atoms with Crippen molar-refractivity contribution in [3.05, 3.63) is 30.1 Å². The SMILES string of the molecule is O=C(NC1CC1)[C@H]1C[C@H]2OCC[C@H]2N(Cc2cccnc2)C1. The Hall–Kier alpha value is -1.46. The third kappa shape index (κ3) is 3.01. The zero-order chi connectivity index (χ0) is 14.9. The maximum absolute atomic E-state index is 12.4. The Labute approximate surface area is 131 Å². The van der Waals surface area contributed by atoms with Gasteiger partial charge in [0, 0.05) is 44.2 Å². The van der Waals surface area contributed by atoms with E-state index in [1.165, 1.54) is 5.56 Å². The van der Waals surface area contributed by atoms with Crippen LogP contribution >= 0.6 is 0 Å². The number of pyridine rings is 1. The van der Waals surface area contributed by atoms with Crippen LogP contribution in [0.5, 0.6) is 0 Å². The molecule has 118 valence electrons. The summed E-state index contributed by atoms with van der Waals surface area (Å²) in [6, 6.07) is 4.96. The third-order valence-electron chi connectivity index (χ3n) is 5.02. The zero-order valence-corrected chi connectivity index (χ0v) is 12.8. The van der Waals surface area contributed by atoms with Crippen molar-refractivity contribution in [2.75, 3.05) is 13.2 Å². The second-order valence-corrected chi connectivity index (χ2v) is 6.77. The van der Waals surface area contributed by atoms with Gasteiger partial charge in [-0.15, -0.1) is 0 Å². The highest BCUT2D eigenvalue weighted by atomic mass is 16.5. The Bertz CT molecular complexity index is 532. The first kappa shape index (κ1) is 14.2. The molecule has 0 aromatic carbocycles. The molecule has 0 bridgehead atoms. The second kappa shape index (κ2) is 5.97. The van der Waals surface area contributed by atoms with Gasteiger partial charge in [0.05, 0.1) is 12.0 Å². The van der Waals surface area contributed by atoms with E-state index in [0.717, 1.165) is 45.4 Å². The number of piperidine rings is 1. The summed E-state index contributed by atoms with van der Waals surface area (Å²) in [6.07, 6.45) is 8.14. The number of rotatable bonds is 4. The number of hydrogen-bond acceptors (Lipinski definition) is 4. The van der Waals surface area contributed by atoms with Crippen molar-refractivity contribution in [2.45, 2.75) is 50.4 Å². The summed E-state index contributed by atoms with van der Waals surface area (Å²) < 4.78 is 5.89. The van der Waals surface area contributed by atoms with Gasteiger partial charge in [-0.05, 0) is 37.3 Å². The highest BCUT2D eigenvalue weighted by Crippen LogP contribution is 2.33. The first-order chi connectivity index (χ1) is 10.8. The Morgan fingerprint density at radius 2 is 2.32 bits per heavy atom. The summed E-state index contributed by atoms with van der Waals surface area (Å²) >= 11 is 0. The van der Waals surface area contributed by atoms with Gasteiger partial charge >= 0.3 is 0 Å². The van der Waals surface area contributed by atoms with Crippen LogP contribution in [0.4, 0.5) is 0 Å². The van der Waals surface area contributed by atoms with Crippen LogP contribution in [0.15, 0.2) is 24.5 Å². The highest BCUT2D eigenvalue weighted by molar-refractivity contribution is 5.79. The smallest absolute Gasteiger partial charge is 0.224 e. The zero-order valence-electron chi connectivity index (χ0n) is 12.8. The predicted molar refractivity (Wildman–Crippen MR) is 82.1 cm³/mol. The molecule has 1 aliphatic carbocycles. The summed E-state index contributed by atoms with van der Waals surface area (Å²) in [5.74, 6) is 0.268. The van der Waals surface area contributed by atoms with Crippen LogP contribution in [-0.4, -0.2) is 47.1 Å². The van der Waals surface area contributed by atoms with Crippen LogP contribution in [0.3, 0.4) is 0 Å². The summed E-state index contributed by atoms with van der Waals surface area (Å²) in [7, 11) is 0. The molecule has 4 rings (SSSR count). The lowest BCUT2D eigenvalue weighted by atomic mass is 9.89. The molecule has 1 amide bonds. The van der Waals surface area contributed by atoms with E-state index >= 15 is 0 Å². The van der Waals surface area contributed by atoms with E-state index in [1.54, 1.807) is 6.20 Å². The Morgan fingerprint density at radius 3 is 3.09 bits per heavy atom. The lowest BCUT2D eigenvalue weighted by molar-refractivity contribution is -0.129. The lowest BCUT2D eigenvalue weighted by Gasteiger charge is -2.40. The van der Waals surface area contributed by atoms with E-state index in [9.17, 15) is 4.79 Å².